The summed E-state index contributed by atoms with van der Waals surface area (Å²) in [4.78, 5) is 13.1. The number of esters is 1. The molecule has 1 aliphatic carbocycles. The van der Waals surface area contributed by atoms with E-state index in [1.165, 1.54) is 10.4 Å². The van der Waals surface area contributed by atoms with Crippen molar-refractivity contribution in [2.45, 2.75) is 31.9 Å². The van der Waals surface area contributed by atoms with Crippen LogP contribution in [0, 0.1) is 0 Å². The van der Waals surface area contributed by atoms with Crippen molar-refractivity contribution in [2.24, 2.45) is 0 Å². The first-order chi connectivity index (χ1) is 7.34. The highest BCUT2D eigenvalue weighted by atomic mass is 32.1. The Morgan fingerprint density at radius 1 is 1.53 bits per heavy atom. The smallest absolute Gasteiger partial charge is 0.339 e. The Hall–Kier alpha value is -0.870. The van der Waals surface area contributed by atoms with E-state index in [1.807, 2.05) is 5.38 Å². The van der Waals surface area contributed by atoms with E-state index in [4.69, 9.17) is 4.74 Å². The van der Waals surface area contributed by atoms with Gasteiger partial charge < -0.3 is 10.1 Å². The van der Waals surface area contributed by atoms with Gasteiger partial charge in [0.1, 0.15) is 6.10 Å². The van der Waals surface area contributed by atoms with Crippen LogP contribution in [0.5, 0.6) is 0 Å². The second-order valence-corrected chi connectivity index (χ2v) is 5.05. The lowest BCUT2D eigenvalue weighted by Gasteiger charge is -2.13. The zero-order chi connectivity index (χ0) is 10.3. The first kappa shape index (κ1) is 9.36. The van der Waals surface area contributed by atoms with Crippen LogP contribution in [0.4, 0.5) is 0 Å². The molecule has 0 unspecified atom stereocenters. The minimum atomic E-state index is -0.114. The molecule has 0 aromatic carbocycles. The van der Waals surface area contributed by atoms with Crippen molar-refractivity contribution in [3.63, 3.8) is 0 Å². The van der Waals surface area contributed by atoms with Crippen LogP contribution in [0.3, 0.4) is 0 Å². The summed E-state index contributed by atoms with van der Waals surface area (Å²) in [6.45, 7) is 1.87. The fourth-order valence-electron chi connectivity index (χ4n) is 1.83. The van der Waals surface area contributed by atoms with Crippen LogP contribution in [0.1, 0.15) is 33.6 Å². The van der Waals surface area contributed by atoms with Gasteiger partial charge in [0.2, 0.25) is 0 Å². The summed E-state index contributed by atoms with van der Waals surface area (Å²) in [5.41, 5.74) is 2.02. The Bertz CT molecular complexity index is 395. The highest BCUT2D eigenvalue weighted by Gasteiger charge is 2.28. The first-order valence-electron chi connectivity index (χ1n) is 5.35. The van der Waals surface area contributed by atoms with Crippen LogP contribution in [0.15, 0.2) is 5.38 Å². The summed E-state index contributed by atoms with van der Waals surface area (Å²) < 4.78 is 5.32. The molecule has 0 atom stereocenters. The molecular weight excluding hydrogens is 210 g/mol. The molecule has 0 saturated heterocycles. The van der Waals surface area contributed by atoms with Crippen LogP contribution in [-0.2, 0) is 17.7 Å². The van der Waals surface area contributed by atoms with Crippen molar-refractivity contribution in [3.8, 4) is 0 Å². The van der Waals surface area contributed by atoms with Crippen LogP contribution >= 0.6 is 11.3 Å². The number of rotatable bonds is 2. The molecule has 1 fully saturated rings. The van der Waals surface area contributed by atoms with Crippen LogP contribution in [0.2, 0.25) is 0 Å². The van der Waals surface area contributed by atoms with Crippen molar-refractivity contribution in [2.75, 3.05) is 6.54 Å². The summed E-state index contributed by atoms with van der Waals surface area (Å²) in [5.74, 6) is -0.114. The normalized spacial score (nSPS) is 19.7. The molecular formula is C11H13NO2S. The van der Waals surface area contributed by atoms with Gasteiger partial charge in [-0.15, -0.1) is 11.3 Å². The molecule has 15 heavy (non-hydrogen) atoms. The molecule has 1 N–H and O–H groups in total. The molecule has 0 amide bonds. The van der Waals surface area contributed by atoms with E-state index in [-0.39, 0.29) is 12.1 Å². The number of ether oxygens (including phenoxy) is 1. The van der Waals surface area contributed by atoms with Crippen molar-refractivity contribution >= 4 is 17.3 Å². The maximum Gasteiger partial charge on any atom is 0.339 e. The number of thiophene rings is 1. The Morgan fingerprint density at radius 2 is 2.40 bits per heavy atom. The standard InChI is InChI=1S/C11H13NO2S/c13-11(14-7-1-2-7)9-6-15-10-5-12-4-3-8(9)10/h6-7,12H,1-5H2. The van der Waals surface area contributed by atoms with Gasteiger partial charge in [-0.25, -0.2) is 4.79 Å². The third-order valence-corrected chi connectivity index (χ3v) is 3.86. The van der Waals surface area contributed by atoms with Gasteiger partial charge in [-0.1, -0.05) is 0 Å². The number of hydrogen-bond donors (Lipinski definition) is 1. The second-order valence-electron chi connectivity index (χ2n) is 4.08. The summed E-state index contributed by atoms with van der Waals surface area (Å²) >= 11 is 1.66. The average molecular weight is 223 g/mol. The predicted molar refractivity (Wildman–Crippen MR) is 58.2 cm³/mol. The third kappa shape index (κ3) is 1.79. The monoisotopic (exact) mass is 223 g/mol. The van der Waals surface area contributed by atoms with Crippen molar-refractivity contribution in [3.05, 3.63) is 21.4 Å². The lowest BCUT2D eigenvalue weighted by atomic mass is 10.1. The Balaban J connectivity index is 1.83. The quantitative estimate of drug-likeness (QED) is 0.776. The van der Waals surface area contributed by atoms with Gasteiger partial charge in [0.05, 0.1) is 5.56 Å². The number of fused-ring (bicyclic) bond motifs is 1. The molecule has 3 nitrogen and oxygen atoms in total. The van der Waals surface area contributed by atoms with E-state index in [0.29, 0.717) is 0 Å². The molecule has 4 heteroatoms. The number of carbonyl (C=O) groups excluding carboxylic acids is 1. The molecule has 2 aliphatic rings. The lowest BCUT2D eigenvalue weighted by molar-refractivity contribution is 0.0471. The maximum atomic E-state index is 11.8. The van der Waals surface area contributed by atoms with Gasteiger partial charge in [0.25, 0.3) is 0 Å². The average Bonchev–Trinajstić information content (AvgIpc) is 2.96. The van der Waals surface area contributed by atoms with Crippen molar-refractivity contribution in [1.29, 1.82) is 0 Å². The first-order valence-corrected chi connectivity index (χ1v) is 6.23. The molecule has 2 heterocycles. The van der Waals surface area contributed by atoms with E-state index in [9.17, 15) is 4.79 Å². The Morgan fingerprint density at radius 3 is 3.20 bits per heavy atom. The lowest BCUT2D eigenvalue weighted by Crippen LogP contribution is -2.23. The Labute approximate surface area is 92.4 Å². The fraction of sp³-hybridized carbons (Fsp3) is 0.545. The molecule has 1 aromatic heterocycles. The van der Waals surface area contributed by atoms with Gasteiger partial charge in [0, 0.05) is 16.8 Å². The molecule has 0 bridgehead atoms. The number of carbonyl (C=O) groups is 1. The third-order valence-electron chi connectivity index (χ3n) is 2.84. The zero-order valence-corrected chi connectivity index (χ0v) is 9.23. The van der Waals surface area contributed by atoms with Crippen LogP contribution in [-0.4, -0.2) is 18.6 Å². The molecule has 1 aliphatic heterocycles. The van der Waals surface area contributed by atoms with Gasteiger partial charge >= 0.3 is 5.97 Å². The summed E-state index contributed by atoms with van der Waals surface area (Å²) in [6, 6.07) is 0. The van der Waals surface area contributed by atoms with E-state index in [0.717, 1.165) is 37.9 Å². The van der Waals surface area contributed by atoms with Gasteiger partial charge in [0.15, 0.2) is 0 Å². The van der Waals surface area contributed by atoms with E-state index in [2.05, 4.69) is 5.32 Å². The zero-order valence-electron chi connectivity index (χ0n) is 8.41. The Kier molecular flexibility index (Phi) is 2.25. The van der Waals surface area contributed by atoms with Crippen LogP contribution in [0.25, 0.3) is 0 Å². The minimum Gasteiger partial charge on any atom is -0.459 e. The van der Waals surface area contributed by atoms with Crippen molar-refractivity contribution < 1.29 is 9.53 Å². The second kappa shape index (κ2) is 3.61. The minimum absolute atomic E-state index is 0.114. The molecule has 80 valence electrons. The predicted octanol–water partition coefficient (Wildman–Crippen LogP) is 1.71. The van der Waals surface area contributed by atoms with E-state index < -0.39 is 0 Å². The highest BCUT2D eigenvalue weighted by molar-refractivity contribution is 7.10. The molecule has 0 spiro atoms. The molecule has 1 saturated carbocycles. The van der Waals surface area contributed by atoms with Gasteiger partial charge in [-0.05, 0) is 31.4 Å². The molecule has 1 aromatic rings. The molecule has 0 radical (unpaired) electrons. The number of hydrogen-bond acceptors (Lipinski definition) is 4. The summed E-state index contributed by atoms with van der Waals surface area (Å²) in [5, 5.41) is 5.25. The number of nitrogens with one attached hydrogen (secondary N) is 1. The summed E-state index contributed by atoms with van der Waals surface area (Å²) in [6.07, 6.45) is 3.24. The highest BCUT2D eigenvalue weighted by Crippen LogP contribution is 2.29. The topological polar surface area (TPSA) is 38.3 Å². The largest absolute Gasteiger partial charge is 0.459 e. The summed E-state index contributed by atoms with van der Waals surface area (Å²) in [7, 11) is 0. The van der Waals surface area contributed by atoms with Gasteiger partial charge in [-0.2, -0.15) is 0 Å². The van der Waals surface area contributed by atoms with Crippen LogP contribution < -0.4 is 5.32 Å². The fourth-order valence-corrected chi connectivity index (χ4v) is 2.87. The van der Waals surface area contributed by atoms with Gasteiger partial charge in [-0.3, -0.25) is 0 Å². The van der Waals surface area contributed by atoms with E-state index in [1.54, 1.807) is 11.3 Å². The molecule has 3 rings (SSSR count). The van der Waals surface area contributed by atoms with Crippen molar-refractivity contribution in [1.82, 2.24) is 5.32 Å². The van der Waals surface area contributed by atoms with E-state index >= 15 is 0 Å². The maximum absolute atomic E-state index is 11.8. The SMILES string of the molecule is O=C(OC1CC1)c1csc2c1CCNC2.